The van der Waals surface area contributed by atoms with Crippen molar-refractivity contribution in [2.24, 2.45) is 0 Å². The molecule has 3 rings (SSSR count). The fraction of sp³-hybridized carbons (Fsp3) is 0.167. The van der Waals surface area contributed by atoms with Gasteiger partial charge in [0.05, 0.1) is 12.7 Å². The van der Waals surface area contributed by atoms with Gasteiger partial charge in [0.1, 0.15) is 11.9 Å². The van der Waals surface area contributed by atoms with Gasteiger partial charge in [-0.15, -0.1) is 0 Å². The molecule has 0 amide bonds. The van der Waals surface area contributed by atoms with Crippen LogP contribution in [0.3, 0.4) is 0 Å². The number of rotatable bonds is 3. The van der Waals surface area contributed by atoms with Gasteiger partial charge < -0.3 is 9.47 Å². The highest BCUT2D eigenvalue weighted by Gasteiger charge is 2.24. The largest absolute Gasteiger partial charge is 0.497 e. The zero-order valence-electron chi connectivity index (χ0n) is 11.8. The average molecular weight is 280 g/mol. The standard InChI is InChI=1S/C18H16O3/c1-20-15-9-10-17-14(11-15)12-16(21-18(17)19)8-7-13-5-3-2-4-6-13/h2-11,16H,12H2,1H3/t16-/m0/s1. The molecular weight excluding hydrogens is 264 g/mol. The van der Waals surface area contributed by atoms with E-state index in [1.165, 1.54) is 0 Å². The van der Waals surface area contributed by atoms with Crippen molar-refractivity contribution in [1.82, 2.24) is 0 Å². The Labute approximate surface area is 123 Å². The third-order valence-electron chi connectivity index (χ3n) is 3.51. The molecule has 1 aliphatic rings. The van der Waals surface area contributed by atoms with Crippen molar-refractivity contribution in [3.05, 3.63) is 71.3 Å². The molecule has 3 heteroatoms. The lowest BCUT2D eigenvalue weighted by Gasteiger charge is -2.22. The molecule has 0 N–H and O–H groups in total. The second-order valence-corrected chi connectivity index (χ2v) is 4.94. The summed E-state index contributed by atoms with van der Waals surface area (Å²) in [6.07, 6.45) is 4.33. The molecule has 0 fully saturated rings. The van der Waals surface area contributed by atoms with Gasteiger partial charge >= 0.3 is 5.97 Å². The zero-order chi connectivity index (χ0) is 14.7. The molecule has 0 aliphatic carbocycles. The van der Waals surface area contributed by atoms with Gasteiger partial charge in [0.2, 0.25) is 0 Å². The maximum atomic E-state index is 12.0. The SMILES string of the molecule is COc1ccc2c(c1)C[C@H](C=Cc1ccccc1)OC2=O. The van der Waals surface area contributed by atoms with Gasteiger partial charge in [-0.05, 0) is 35.4 Å². The summed E-state index contributed by atoms with van der Waals surface area (Å²) in [5.41, 5.74) is 2.68. The Bertz CT molecular complexity index is 674. The number of benzene rings is 2. The molecule has 0 radical (unpaired) electrons. The van der Waals surface area contributed by atoms with Crippen molar-refractivity contribution < 1.29 is 14.3 Å². The number of methoxy groups -OCH3 is 1. The molecule has 106 valence electrons. The molecule has 0 saturated heterocycles. The molecular formula is C18H16O3. The Hall–Kier alpha value is -2.55. The lowest BCUT2D eigenvalue weighted by Crippen LogP contribution is -2.26. The van der Waals surface area contributed by atoms with Gasteiger partial charge in [0, 0.05) is 6.42 Å². The highest BCUT2D eigenvalue weighted by molar-refractivity contribution is 5.92. The van der Waals surface area contributed by atoms with Crippen molar-refractivity contribution in [2.75, 3.05) is 7.11 Å². The van der Waals surface area contributed by atoms with Gasteiger partial charge in [-0.1, -0.05) is 36.4 Å². The first-order valence-corrected chi connectivity index (χ1v) is 6.87. The Balaban J connectivity index is 1.81. The van der Waals surface area contributed by atoms with Crippen LogP contribution >= 0.6 is 0 Å². The van der Waals surface area contributed by atoms with E-state index in [4.69, 9.17) is 9.47 Å². The van der Waals surface area contributed by atoms with Crippen LogP contribution < -0.4 is 4.74 Å². The third-order valence-corrected chi connectivity index (χ3v) is 3.51. The molecule has 0 unspecified atom stereocenters. The van der Waals surface area contributed by atoms with Gasteiger partial charge in [0.25, 0.3) is 0 Å². The van der Waals surface area contributed by atoms with Crippen molar-refractivity contribution in [3.63, 3.8) is 0 Å². The van der Waals surface area contributed by atoms with Crippen LogP contribution in [0, 0.1) is 0 Å². The summed E-state index contributed by atoms with van der Waals surface area (Å²) in [4.78, 5) is 12.0. The minimum atomic E-state index is -0.276. The smallest absolute Gasteiger partial charge is 0.339 e. The first-order valence-electron chi connectivity index (χ1n) is 6.87. The van der Waals surface area contributed by atoms with E-state index in [9.17, 15) is 4.79 Å². The van der Waals surface area contributed by atoms with Crippen molar-refractivity contribution in [2.45, 2.75) is 12.5 Å². The number of hydrogen-bond acceptors (Lipinski definition) is 3. The van der Waals surface area contributed by atoms with Crippen molar-refractivity contribution >= 4 is 12.0 Å². The number of carbonyl (C=O) groups is 1. The average Bonchev–Trinajstić information content (AvgIpc) is 2.53. The number of hydrogen-bond donors (Lipinski definition) is 0. The molecule has 0 bridgehead atoms. The van der Waals surface area contributed by atoms with Gasteiger partial charge in [-0.2, -0.15) is 0 Å². The molecule has 2 aromatic rings. The molecule has 21 heavy (non-hydrogen) atoms. The van der Waals surface area contributed by atoms with Crippen molar-refractivity contribution in [1.29, 1.82) is 0 Å². The Morgan fingerprint density at radius 1 is 1.19 bits per heavy atom. The maximum Gasteiger partial charge on any atom is 0.339 e. The van der Waals surface area contributed by atoms with Crippen LogP contribution in [0.1, 0.15) is 21.5 Å². The molecule has 2 aromatic carbocycles. The number of ether oxygens (including phenoxy) is 2. The molecule has 0 spiro atoms. The summed E-state index contributed by atoms with van der Waals surface area (Å²) < 4.78 is 10.7. The van der Waals surface area contributed by atoms with Gasteiger partial charge in [0.15, 0.2) is 0 Å². The highest BCUT2D eigenvalue weighted by Crippen LogP contribution is 2.25. The Morgan fingerprint density at radius 2 is 2.00 bits per heavy atom. The minimum absolute atomic E-state index is 0.239. The quantitative estimate of drug-likeness (QED) is 0.807. The summed E-state index contributed by atoms with van der Waals surface area (Å²) in [5.74, 6) is 0.482. The molecule has 0 saturated carbocycles. The Morgan fingerprint density at radius 3 is 2.76 bits per heavy atom. The van der Waals surface area contributed by atoms with Crippen LogP contribution in [-0.2, 0) is 11.2 Å². The van der Waals surface area contributed by atoms with Crippen LogP contribution in [0.5, 0.6) is 5.75 Å². The lowest BCUT2D eigenvalue weighted by molar-refractivity contribution is 0.0359. The molecule has 0 aromatic heterocycles. The van der Waals surface area contributed by atoms with E-state index in [2.05, 4.69) is 0 Å². The first-order chi connectivity index (χ1) is 10.3. The number of fused-ring (bicyclic) bond motifs is 1. The highest BCUT2D eigenvalue weighted by atomic mass is 16.5. The monoisotopic (exact) mass is 280 g/mol. The van der Waals surface area contributed by atoms with Crippen LogP contribution in [0.25, 0.3) is 6.08 Å². The fourth-order valence-corrected chi connectivity index (χ4v) is 2.41. The van der Waals surface area contributed by atoms with Gasteiger partial charge in [-0.25, -0.2) is 4.79 Å². The maximum absolute atomic E-state index is 12.0. The van der Waals surface area contributed by atoms with E-state index >= 15 is 0 Å². The van der Waals surface area contributed by atoms with E-state index in [1.807, 2.05) is 48.6 Å². The van der Waals surface area contributed by atoms with E-state index in [0.717, 1.165) is 16.9 Å². The minimum Gasteiger partial charge on any atom is -0.497 e. The van der Waals surface area contributed by atoms with E-state index in [0.29, 0.717) is 12.0 Å². The summed E-state index contributed by atoms with van der Waals surface area (Å²) in [6, 6.07) is 15.4. The summed E-state index contributed by atoms with van der Waals surface area (Å²) >= 11 is 0. The predicted molar refractivity (Wildman–Crippen MR) is 81.4 cm³/mol. The number of cyclic esters (lactones) is 1. The van der Waals surface area contributed by atoms with Crippen LogP contribution in [0.2, 0.25) is 0 Å². The first kappa shape index (κ1) is 13.4. The van der Waals surface area contributed by atoms with Crippen LogP contribution in [0.15, 0.2) is 54.6 Å². The van der Waals surface area contributed by atoms with Crippen LogP contribution in [-0.4, -0.2) is 19.2 Å². The lowest BCUT2D eigenvalue weighted by atomic mass is 9.97. The second kappa shape index (κ2) is 5.83. The van der Waals surface area contributed by atoms with E-state index < -0.39 is 0 Å². The topological polar surface area (TPSA) is 35.5 Å². The summed E-state index contributed by atoms with van der Waals surface area (Å²) in [6.45, 7) is 0. The molecule has 1 atom stereocenters. The van der Waals surface area contributed by atoms with Crippen LogP contribution in [0.4, 0.5) is 0 Å². The molecule has 3 nitrogen and oxygen atoms in total. The number of esters is 1. The number of carbonyl (C=O) groups excluding carboxylic acids is 1. The van der Waals surface area contributed by atoms with E-state index in [1.54, 1.807) is 19.2 Å². The Kier molecular flexibility index (Phi) is 3.73. The molecule has 1 heterocycles. The van der Waals surface area contributed by atoms with Gasteiger partial charge in [-0.3, -0.25) is 0 Å². The summed E-state index contributed by atoms with van der Waals surface area (Å²) in [7, 11) is 1.62. The predicted octanol–water partition coefficient (Wildman–Crippen LogP) is 3.49. The summed E-state index contributed by atoms with van der Waals surface area (Å²) in [5, 5.41) is 0. The third kappa shape index (κ3) is 2.97. The fourth-order valence-electron chi connectivity index (χ4n) is 2.41. The van der Waals surface area contributed by atoms with Crippen molar-refractivity contribution in [3.8, 4) is 5.75 Å². The normalized spacial score (nSPS) is 17.4. The second-order valence-electron chi connectivity index (χ2n) is 4.94. The molecule has 1 aliphatic heterocycles. The zero-order valence-corrected chi connectivity index (χ0v) is 11.8. The van der Waals surface area contributed by atoms with E-state index in [-0.39, 0.29) is 12.1 Å².